The molecule has 250 valence electrons. The summed E-state index contributed by atoms with van der Waals surface area (Å²) in [5.41, 5.74) is 10.1. The van der Waals surface area contributed by atoms with Crippen LogP contribution in [0.2, 0.25) is 0 Å². The highest BCUT2D eigenvalue weighted by atomic mass is 16.6. The van der Waals surface area contributed by atoms with Crippen molar-refractivity contribution in [1.29, 1.82) is 0 Å². The average molecular weight is 649 g/mol. The third kappa shape index (κ3) is 5.80. The van der Waals surface area contributed by atoms with Gasteiger partial charge >= 0.3 is 6.09 Å². The number of nitrogens with zero attached hydrogens (tertiary/aromatic N) is 3. The van der Waals surface area contributed by atoms with Crippen LogP contribution >= 0.6 is 0 Å². The first-order chi connectivity index (χ1) is 23.0. The lowest BCUT2D eigenvalue weighted by Crippen LogP contribution is -2.66. The largest absolute Gasteiger partial charge is 0.497 e. The molecule has 3 aromatic rings. The maximum Gasteiger partial charge on any atom is 0.410 e. The first-order valence-corrected chi connectivity index (χ1v) is 16.8. The summed E-state index contributed by atoms with van der Waals surface area (Å²) in [6.45, 7) is 7.42. The van der Waals surface area contributed by atoms with Crippen LogP contribution in [0.15, 0.2) is 84.0 Å². The highest BCUT2D eigenvalue weighted by Crippen LogP contribution is 2.58. The second kappa shape index (κ2) is 12.0. The van der Waals surface area contributed by atoms with E-state index in [0.29, 0.717) is 31.1 Å². The van der Waals surface area contributed by atoms with Gasteiger partial charge in [-0.3, -0.25) is 4.79 Å². The minimum atomic E-state index is -0.580. The van der Waals surface area contributed by atoms with Gasteiger partial charge in [0.2, 0.25) is 5.91 Å². The summed E-state index contributed by atoms with van der Waals surface area (Å²) in [6, 6.07) is 21.8. The van der Waals surface area contributed by atoms with E-state index in [-0.39, 0.29) is 23.5 Å². The summed E-state index contributed by atoms with van der Waals surface area (Å²) in [4.78, 5) is 35.6. The topological polar surface area (TPSA) is 107 Å². The fraction of sp³-hybridized carbons (Fsp3) is 0.410. The minimum Gasteiger partial charge on any atom is -0.497 e. The van der Waals surface area contributed by atoms with Crippen LogP contribution in [-0.2, 0) is 21.5 Å². The molecule has 2 aliphatic carbocycles. The number of allylic oxidation sites excluding steroid dienone is 1. The number of nitrogens with two attached hydrogens (primary N) is 1. The summed E-state index contributed by atoms with van der Waals surface area (Å²) in [6.07, 6.45) is 7.24. The van der Waals surface area contributed by atoms with Gasteiger partial charge in [0, 0.05) is 24.1 Å². The van der Waals surface area contributed by atoms with Gasteiger partial charge < -0.3 is 29.7 Å². The SMILES string of the molecule is COc1ccc(CN2C(=O)C3(CCC3)c3cc(C(C=CN)=Nc4ccccc4)cc(OC4CC5(C4)CN(C(=O)OC(C)(C)C)C5)c32)cc1. The number of carbonyl (C=O) groups is 2. The van der Waals surface area contributed by atoms with E-state index in [1.165, 1.54) is 6.20 Å². The molecule has 0 atom stereocenters. The predicted molar refractivity (Wildman–Crippen MR) is 186 cm³/mol. The van der Waals surface area contributed by atoms with E-state index in [0.717, 1.165) is 65.9 Å². The van der Waals surface area contributed by atoms with Gasteiger partial charge in [-0.1, -0.05) is 36.8 Å². The van der Waals surface area contributed by atoms with E-state index < -0.39 is 11.0 Å². The molecule has 0 aromatic heterocycles. The standard InChI is InChI=1S/C39H44N4O5/c1-37(2,3)48-36(45)42-24-38(25-42)21-30(22-38)47-33-20-27(32(15-18-40)41-28-9-6-5-7-10-28)19-31-34(33)43(35(44)39(31)16-8-17-39)23-26-11-13-29(46-4)14-12-26/h5-7,9-15,18-20,30H,8,16-17,21-25,40H2,1-4H3. The van der Waals surface area contributed by atoms with Crippen molar-refractivity contribution in [3.8, 4) is 11.5 Å². The van der Waals surface area contributed by atoms with Gasteiger partial charge in [-0.15, -0.1) is 0 Å². The van der Waals surface area contributed by atoms with Crippen LogP contribution in [0.5, 0.6) is 11.5 Å². The Morgan fingerprint density at radius 1 is 1.04 bits per heavy atom. The smallest absolute Gasteiger partial charge is 0.410 e. The van der Waals surface area contributed by atoms with Gasteiger partial charge in [-0.25, -0.2) is 9.79 Å². The first kappa shape index (κ1) is 31.8. The van der Waals surface area contributed by atoms with Crippen LogP contribution in [0.1, 0.15) is 69.6 Å². The number of methoxy groups -OCH3 is 1. The van der Waals surface area contributed by atoms with Crippen molar-refractivity contribution in [3.63, 3.8) is 0 Å². The number of carbonyl (C=O) groups excluding carboxylic acids is 2. The van der Waals surface area contributed by atoms with E-state index >= 15 is 0 Å². The van der Waals surface area contributed by atoms with Crippen molar-refractivity contribution >= 4 is 29.1 Å². The predicted octanol–water partition coefficient (Wildman–Crippen LogP) is 7.04. The number of para-hydroxylation sites is 1. The van der Waals surface area contributed by atoms with Gasteiger partial charge in [0.05, 0.1) is 36.2 Å². The van der Waals surface area contributed by atoms with Crippen molar-refractivity contribution in [2.45, 2.75) is 76.5 Å². The second-order valence-corrected chi connectivity index (χ2v) is 14.7. The number of amides is 2. The molecule has 3 aromatic carbocycles. The lowest BCUT2D eigenvalue weighted by Gasteiger charge is -2.58. The van der Waals surface area contributed by atoms with Crippen LogP contribution in [0.25, 0.3) is 0 Å². The number of ether oxygens (including phenoxy) is 3. The summed E-state index contributed by atoms with van der Waals surface area (Å²) in [7, 11) is 1.65. The molecule has 2 saturated carbocycles. The monoisotopic (exact) mass is 648 g/mol. The summed E-state index contributed by atoms with van der Waals surface area (Å²) < 4.78 is 17.8. The van der Waals surface area contributed by atoms with E-state index in [4.69, 9.17) is 24.9 Å². The molecule has 2 heterocycles. The molecule has 2 amide bonds. The molecule has 0 radical (unpaired) electrons. The zero-order valence-corrected chi connectivity index (χ0v) is 28.2. The molecule has 0 unspecified atom stereocenters. The molecule has 9 heteroatoms. The minimum absolute atomic E-state index is 0.0400. The Labute approximate surface area is 282 Å². The fourth-order valence-corrected chi connectivity index (χ4v) is 7.62. The van der Waals surface area contributed by atoms with Gasteiger partial charge in [-0.2, -0.15) is 0 Å². The van der Waals surface area contributed by atoms with E-state index in [9.17, 15) is 9.59 Å². The lowest BCUT2D eigenvalue weighted by molar-refractivity contribution is -0.126. The Morgan fingerprint density at radius 3 is 2.35 bits per heavy atom. The van der Waals surface area contributed by atoms with Crippen LogP contribution in [0.4, 0.5) is 16.2 Å². The Morgan fingerprint density at radius 2 is 1.75 bits per heavy atom. The van der Waals surface area contributed by atoms with Gasteiger partial charge in [0.15, 0.2) is 0 Å². The van der Waals surface area contributed by atoms with Crippen LogP contribution < -0.4 is 20.1 Å². The lowest BCUT2D eigenvalue weighted by atomic mass is 9.62. The van der Waals surface area contributed by atoms with Crippen LogP contribution in [-0.4, -0.2) is 54.5 Å². The van der Waals surface area contributed by atoms with Crippen molar-refractivity contribution in [2.75, 3.05) is 25.1 Å². The number of hydrogen-bond donors (Lipinski definition) is 1. The summed E-state index contributed by atoms with van der Waals surface area (Å²) in [5.74, 6) is 1.58. The Bertz CT molecular complexity index is 1760. The number of fused-ring (bicyclic) bond motifs is 2. The molecule has 48 heavy (non-hydrogen) atoms. The number of likely N-dealkylation sites (tertiary alicyclic amines) is 1. The highest BCUT2D eigenvalue weighted by Gasteiger charge is 2.58. The quantitative estimate of drug-likeness (QED) is 0.263. The molecule has 1 saturated heterocycles. The molecule has 9 nitrogen and oxygen atoms in total. The Balaban J connectivity index is 1.23. The van der Waals surface area contributed by atoms with E-state index in [2.05, 4.69) is 6.07 Å². The number of hydrogen-bond acceptors (Lipinski definition) is 7. The molecule has 0 bridgehead atoms. The van der Waals surface area contributed by atoms with E-state index in [1.54, 1.807) is 18.1 Å². The Kier molecular flexibility index (Phi) is 7.96. The zero-order valence-electron chi connectivity index (χ0n) is 28.2. The van der Waals surface area contributed by atoms with E-state index in [1.807, 2.05) is 86.3 Å². The van der Waals surface area contributed by atoms with Gasteiger partial charge in [-0.05, 0) is 106 Å². The number of anilines is 1. The maximum absolute atomic E-state index is 14.4. The summed E-state index contributed by atoms with van der Waals surface area (Å²) in [5, 5.41) is 0. The summed E-state index contributed by atoms with van der Waals surface area (Å²) >= 11 is 0. The van der Waals surface area contributed by atoms with Crippen LogP contribution in [0, 0.1) is 5.41 Å². The molecule has 2 aliphatic heterocycles. The number of benzene rings is 3. The van der Waals surface area contributed by atoms with Crippen LogP contribution in [0.3, 0.4) is 0 Å². The molecule has 2 spiro atoms. The van der Waals surface area contributed by atoms with Gasteiger partial charge in [0.25, 0.3) is 0 Å². The first-order valence-electron chi connectivity index (χ1n) is 16.8. The Hall–Kier alpha value is -4.79. The van der Waals surface area contributed by atoms with Crippen molar-refractivity contribution in [2.24, 2.45) is 16.1 Å². The number of aliphatic imine (C=N–C) groups is 1. The van der Waals surface area contributed by atoms with Gasteiger partial charge in [0.1, 0.15) is 23.2 Å². The number of rotatable bonds is 8. The van der Waals surface area contributed by atoms with Crippen molar-refractivity contribution in [1.82, 2.24) is 4.90 Å². The molecular formula is C39H44N4O5. The molecule has 2 N–H and O–H groups in total. The fourth-order valence-electron chi connectivity index (χ4n) is 7.62. The normalized spacial score (nSPS) is 19.6. The molecule has 3 fully saturated rings. The average Bonchev–Trinajstić information content (AvgIpc) is 3.25. The molecular weight excluding hydrogens is 604 g/mol. The maximum atomic E-state index is 14.4. The van der Waals surface area contributed by atoms with Crippen molar-refractivity contribution < 1.29 is 23.8 Å². The zero-order chi connectivity index (χ0) is 33.7. The van der Waals surface area contributed by atoms with Crippen molar-refractivity contribution in [3.05, 3.63) is 95.7 Å². The molecule has 4 aliphatic rings. The third-order valence-electron chi connectivity index (χ3n) is 10.1. The second-order valence-electron chi connectivity index (χ2n) is 14.7. The molecule has 7 rings (SSSR count). The highest BCUT2D eigenvalue weighted by molar-refractivity contribution is 6.14. The third-order valence-corrected chi connectivity index (χ3v) is 10.1.